The Bertz CT molecular complexity index is 921. The number of aryl methyl sites for hydroxylation is 1. The van der Waals surface area contributed by atoms with Gasteiger partial charge in [0.1, 0.15) is 18.0 Å². The van der Waals surface area contributed by atoms with Crippen LogP contribution in [0.5, 0.6) is 5.75 Å². The standard InChI is InChI=1S/C24H29ClN2O4/c1-18-13-21(9-10-22(18)25)30-17-24(16-27(19(2)28)11-12-31-24)14-23(29)26(3)15-20-7-5-4-6-8-20/h4-10,13H,11-12,14-17H2,1-3H3. The number of hydrogen-bond donors (Lipinski definition) is 0. The second kappa shape index (κ2) is 10.2. The van der Waals surface area contributed by atoms with Gasteiger partial charge in [0.25, 0.3) is 0 Å². The maximum absolute atomic E-state index is 13.1. The molecule has 1 aliphatic rings. The molecular weight excluding hydrogens is 416 g/mol. The highest BCUT2D eigenvalue weighted by molar-refractivity contribution is 6.31. The minimum absolute atomic E-state index is 0.0416. The molecule has 166 valence electrons. The first kappa shape index (κ1) is 23.1. The maximum Gasteiger partial charge on any atom is 0.225 e. The average Bonchev–Trinajstić information content (AvgIpc) is 2.75. The first-order valence-corrected chi connectivity index (χ1v) is 10.7. The normalized spacial score (nSPS) is 18.5. The summed E-state index contributed by atoms with van der Waals surface area (Å²) in [6.07, 6.45) is 0.118. The summed E-state index contributed by atoms with van der Waals surface area (Å²) in [5.41, 5.74) is 1.04. The van der Waals surface area contributed by atoms with E-state index >= 15 is 0 Å². The summed E-state index contributed by atoms with van der Waals surface area (Å²) in [5.74, 6) is 0.542. The number of nitrogens with zero attached hydrogens (tertiary/aromatic N) is 2. The van der Waals surface area contributed by atoms with Crippen LogP contribution in [0.15, 0.2) is 48.5 Å². The zero-order valence-electron chi connectivity index (χ0n) is 18.3. The molecule has 0 bridgehead atoms. The predicted molar refractivity (Wildman–Crippen MR) is 120 cm³/mol. The van der Waals surface area contributed by atoms with E-state index in [1.54, 1.807) is 29.0 Å². The number of amides is 2. The van der Waals surface area contributed by atoms with Gasteiger partial charge in [-0.15, -0.1) is 0 Å². The molecule has 1 saturated heterocycles. The molecule has 31 heavy (non-hydrogen) atoms. The number of benzene rings is 2. The monoisotopic (exact) mass is 444 g/mol. The van der Waals surface area contributed by atoms with Crippen LogP contribution in [0, 0.1) is 6.92 Å². The highest BCUT2D eigenvalue weighted by Crippen LogP contribution is 2.27. The smallest absolute Gasteiger partial charge is 0.225 e. The van der Waals surface area contributed by atoms with Crippen molar-refractivity contribution in [3.05, 3.63) is 64.7 Å². The molecule has 1 unspecified atom stereocenters. The van der Waals surface area contributed by atoms with Crippen LogP contribution < -0.4 is 4.74 Å². The van der Waals surface area contributed by atoms with E-state index in [0.717, 1.165) is 11.1 Å². The third-order valence-corrected chi connectivity index (χ3v) is 5.91. The third-order valence-electron chi connectivity index (χ3n) is 5.49. The first-order valence-electron chi connectivity index (χ1n) is 10.3. The van der Waals surface area contributed by atoms with Crippen LogP contribution in [0.25, 0.3) is 0 Å². The van der Waals surface area contributed by atoms with Gasteiger partial charge in [0.15, 0.2) is 0 Å². The topological polar surface area (TPSA) is 59.1 Å². The maximum atomic E-state index is 13.1. The van der Waals surface area contributed by atoms with E-state index in [9.17, 15) is 9.59 Å². The molecule has 2 aromatic carbocycles. The molecule has 0 aliphatic carbocycles. The van der Waals surface area contributed by atoms with Crippen LogP contribution in [0.4, 0.5) is 0 Å². The van der Waals surface area contributed by atoms with Gasteiger partial charge in [0.2, 0.25) is 11.8 Å². The highest BCUT2D eigenvalue weighted by Gasteiger charge is 2.41. The van der Waals surface area contributed by atoms with Crippen molar-refractivity contribution < 1.29 is 19.1 Å². The van der Waals surface area contributed by atoms with Crippen molar-refractivity contribution in [1.29, 1.82) is 0 Å². The lowest BCUT2D eigenvalue weighted by atomic mass is 9.96. The highest BCUT2D eigenvalue weighted by atomic mass is 35.5. The van der Waals surface area contributed by atoms with Gasteiger partial charge in [-0.05, 0) is 36.2 Å². The van der Waals surface area contributed by atoms with Crippen molar-refractivity contribution in [2.75, 3.05) is 33.4 Å². The lowest BCUT2D eigenvalue weighted by Gasteiger charge is -2.42. The summed E-state index contributed by atoms with van der Waals surface area (Å²) in [6.45, 7) is 5.26. The van der Waals surface area contributed by atoms with Crippen LogP contribution >= 0.6 is 11.6 Å². The van der Waals surface area contributed by atoms with Crippen LogP contribution in [0.3, 0.4) is 0 Å². The van der Waals surface area contributed by atoms with E-state index in [2.05, 4.69) is 0 Å². The molecule has 1 aliphatic heterocycles. The fraction of sp³-hybridized carbons (Fsp3) is 0.417. The van der Waals surface area contributed by atoms with E-state index in [4.69, 9.17) is 21.1 Å². The van der Waals surface area contributed by atoms with Gasteiger partial charge in [-0.3, -0.25) is 9.59 Å². The van der Waals surface area contributed by atoms with Crippen LogP contribution in [0.2, 0.25) is 5.02 Å². The number of morpholine rings is 1. The number of carbonyl (C=O) groups is 2. The fourth-order valence-corrected chi connectivity index (χ4v) is 3.75. The fourth-order valence-electron chi connectivity index (χ4n) is 3.64. The van der Waals surface area contributed by atoms with Gasteiger partial charge < -0.3 is 19.3 Å². The molecular formula is C24H29ClN2O4. The number of ether oxygens (including phenoxy) is 2. The Morgan fingerprint density at radius 2 is 1.97 bits per heavy atom. The molecule has 2 aromatic rings. The van der Waals surface area contributed by atoms with Gasteiger partial charge in [0.05, 0.1) is 19.6 Å². The lowest BCUT2D eigenvalue weighted by Crippen LogP contribution is -2.57. The van der Waals surface area contributed by atoms with Gasteiger partial charge in [-0.2, -0.15) is 0 Å². The van der Waals surface area contributed by atoms with Gasteiger partial charge in [0, 0.05) is 32.1 Å². The second-order valence-electron chi connectivity index (χ2n) is 8.08. The Morgan fingerprint density at radius 1 is 1.23 bits per heavy atom. The molecule has 3 rings (SSSR count). The Kier molecular flexibility index (Phi) is 7.57. The van der Waals surface area contributed by atoms with E-state index in [0.29, 0.717) is 37.0 Å². The summed E-state index contributed by atoms with van der Waals surface area (Å²) in [6, 6.07) is 15.2. The molecule has 1 heterocycles. The molecule has 0 spiro atoms. The van der Waals surface area contributed by atoms with Gasteiger partial charge >= 0.3 is 0 Å². The Morgan fingerprint density at radius 3 is 2.65 bits per heavy atom. The quantitative estimate of drug-likeness (QED) is 0.653. The summed E-state index contributed by atoms with van der Waals surface area (Å²) in [4.78, 5) is 28.5. The number of hydrogen-bond acceptors (Lipinski definition) is 4. The largest absolute Gasteiger partial charge is 0.490 e. The van der Waals surface area contributed by atoms with E-state index < -0.39 is 5.60 Å². The van der Waals surface area contributed by atoms with Crippen molar-refractivity contribution >= 4 is 23.4 Å². The molecule has 6 nitrogen and oxygen atoms in total. The number of halogens is 1. The SMILES string of the molecule is CC(=O)N1CCOC(COc2ccc(Cl)c(C)c2)(CC(=O)N(C)Cc2ccccc2)C1. The Balaban J connectivity index is 1.74. The van der Waals surface area contributed by atoms with E-state index in [1.807, 2.05) is 43.3 Å². The van der Waals surface area contributed by atoms with Crippen LogP contribution in [-0.2, 0) is 20.9 Å². The molecule has 0 aromatic heterocycles. The minimum atomic E-state index is -0.917. The zero-order chi connectivity index (χ0) is 22.4. The summed E-state index contributed by atoms with van der Waals surface area (Å²) < 4.78 is 12.1. The third kappa shape index (κ3) is 6.21. The van der Waals surface area contributed by atoms with E-state index in [-0.39, 0.29) is 24.8 Å². The van der Waals surface area contributed by atoms with Crippen LogP contribution in [0.1, 0.15) is 24.5 Å². The molecule has 7 heteroatoms. The lowest BCUT2D eigenvalue weighted by molar-refractivity contribution is -0.164. The summed E-state index contributed by atoms with van der Waals surface area (Å²) in [5, 5.41) is 0.663. The first-order chi connectivity index (χ1) is 14.8. The van der Waals surface area contributed by atoms with Gasteiger partial charge in [-0.25, -0.2) is 0 Å². The molecule has 1 atom stereocenters. The Hall–Kier alpha value is -2.57. The number of carbonyl (C=O) groups excluding carboxylic acids is 2. The zero-order valence-corrected chi connectivity index (χ0v) is 19.0. The van der Waals surface area contributed by atoms with Crippen molar-refractivity contribution in [3.8, 4) is 5.75 Å². The second-order valence-corrected chi connectivity index (χ2v) is 8.49. The van der Waals surface area contributed by atoms with Crippen molar-refractivity contribution in [2.24, 2.45) is 0 Å². The molecule has 0 radical (unpaired) electrons. The van der Waals surface area contributed by atoms with E-state index in [1.165, 1.54) is 6.92 Å². The van der Waals surface area contributed by atoms with Crippen molar-refractivity contribution in [3.63, 3.8) is 0 Å². The summed E-state index contributed by atoms with van der Waals surface area (Å²) in [7, 11) is 1.78. The van der Waals surface area contributed by atoms with Crippen molar-refractivity contribution in [1.82, 2.24) is 9.80 Å². The molecule has 2 amide bonds. The minimum Gasteiger partial charge on any atom is -0.490 e. The molecule has 0 N–H and O–H groups in total. The Labute approximate surface area is 188 Å². The molecule has 0 saturated carbocycles. The van der Waals surface area contributed by atoms with Gasteiger partial charge in [-0.1, -0.05) is 41.9 Å². The predicted octanol–water partition coefficient (Wildman–Crippen LogP) is 3.69. The van der Waals surface area contributed by atoms with Crippen LogP contribution in [-0.4, -0.2) is 60.6 Å². The average molecular weight is 445 g/mol. The summed E-state index contributed by atoms with van der Waals surface area (Å²) >= 11 is 6.11. The number of rotatable bonds is 7. The molecule has 1 fully saturated rings. The van der Waals surface area contributed by atoms with Crippen molar-refractivity contribution in [2.45, 2.75) is 32.4 Å².